The molecule has 0 unspecified atom stereocenters. The monoisotopic (exact) mass is 1870 g/mol. The molecular weight excluding hydrogens is 1730 g/mol. The van der Waals surface area contributed by atoms with Crippen LogP contribution in [0.1, 0.15) is 182 Å². The van der Waals surface area contributed by atoms with Crippen molar-refractivity contribution in [3.8, 4) is 5.75 Å². The second-order valence-electron chi connectivity index (χ2n) is 34.7. The number of primary amides is 2. The minimum absolute atomic E-state index is 0.0150. The van der Waals surface area contributed by atoms with E-state index in [1.54, 1.807) is 65.9 Å². The zero-order valence-electron chi connectivity index (χ0n) is 77.7. The number of hydrogen-bond donors (Lipinski definition) is 26. The first-order valence-corrected chi connectivity index (χ1v) is 45.5. The van der Waals surface area contributed by atoms with E-state index >= 15 is 0 Å². The average Bonchev–Trinajstić information content (AvgIpc) is 1.69. The number of benzene rings is 2. The predicted octanol–water partition coefficient (Wildman–Crippen LogP) is -6.19. The van der Waals surface area contributed by atoms with Crippen LogP contribution in [0, 0.1) is 17.8 Å². The molecule has 32 N–H and O–H groups in total. The number of nitrogens with one attached hydrogen (secondary N) is 17. The molecule has 0 spiro atoms. The lowest BCUT2D eigenvalue weighted by atomic mass is 9.99. The van der Waals surface area contributed by atoms with E-state index in [4.69, 9.17) is 34.4 Å². The fourth-order valence-corrected chi connectivity index (χ4v) is 14.8. The molecule has 15 atom stereocenters. The smallest absolute Gasteiger partial charge is 0.245 e. The molecule has 1 fully saturated rings. The Kier molecular flexibility index (Phi) is 50.6. The van der Waals surface area contributed by atoms with Gasteiger partial charge < -0.3 is 145 Å². The number of unbranched alkanes of at least 4 members (excludes halogenated alkanes) is 4. The summed E-state index contributed by atoms with van der Waals surface area (Å²) in [5.41, 5.74) is 36.0. The van der Waals surface area contributed by atoms with Gasteiger partial charge in [0.15, 0.2) is 0 Å². The molecule has 1 aliphatic heterocycles. The SMILES string of the molecule is CNCC(=O)N[C@@H](Cc1c[nH]c2ccccc12)C(=O)N[C@H](C(=O)N[C@@H](CC(C)C)C(=O)N[C@@H](CC(N)=O)C(=O)N[C@@H](CO)C(=O)N[C@@H](C)C(=O)NCC(=O)N[C@@H](Cc1ccc(O)cc1)C(=O)N[C@@H](CC(C)C)C(=O)N[C@@H](CC(C)C)C(=O)NCC(=O)N1CCC[C@H]1C(=O)N[C@@H](CCCCN)C(=O)N[C@@H](CCCCN)C(=O)N[C@@H](CCCCN)C(=O)N[C@@H](CCCCN)C(N)=O)[C@@H](C)O. The van der Waals surface area contributed by atoms with Gasteiger partial charge in [0, 0.05) is 36.5 Å². The van der Waals surface area contributed by atoms with Crippen molar-refractivity contribution in [3.63, 3.8) is 0 Å². The number of rotatable bonds is 63. The van der Waals surface area contributed by atoms with E-state index in [2.05, 4.69) is 90.1 Å². The van der Waals surface area contributed by atoms with Crippen molar-refractivity contribution < 1.29 is 102 Å². The van der Waals surface area contributed by atoms with Crippen LogP contribution in [0.2, 0.25) is 0 Å². The lowest BCUT2D eigenvalue weighted by molar-refractivity contribution is -0.140. The molecule has 133 heavy (non-hydrogen) atoms. The lowest BCUT2D eigenvalue weighted by Gasteiger charge is -2.29. The van der Waals surface area contributed by atoms with Crippen LogP contribution in [0.25, 0.3) is 10.9 Å². The number of para-hydroxylation sites is 1. The van der Waals surface area contributed by atoms with Gasteiger partial charge in [-0.2, -0.15) is 0 Å². The van der Waals surface area contributed by atoms with Crippen molar-refractivity contribution in [1.82, 2.24) is 95.0 Å². The van der Waals surface area contributed by atoms with Crippen molar-refractivity contribution in [2.24, 2.45) is 52.2 Å². The van der Waals surface area contributed by atoms with Crippen LogP contribution in [0.15, 0.2) is 54.7 Å². The Morgan fingerprint density at radius 2 is 0.850 bits per heavy atom. The minimum atomic E-state index is -1.89. The Balaban J connectivity index is 1.44. The summed E-state index contributed by atoms with van der Waals surface area (Å²) in [7, 11) is 1.52. The summed E-state index contributed by atoms with van der Waals surface area (Å²) < 4.78 is 0. The van der Waals surface area contributed by atoms with Gasteiger partial charge in [-0.05, 0) is 203 Å². The molecule has 3 aromatic rings. The maximum absolute atomic E-state index is 14.6. The van der Waals surface area contributed by atoms with Crippen molar-refractivity contribution in [1.29, 1.82) is 0 Å². The van der Waals surface area contributed by atoms with E-state index < -0.39 is 223 Å². The number of aliphatic hydroxyl groups is 2. The fraction of sp³-hybridized carbons (Fsp3) is 0.636. The number of aliphatic hydroxyl groups excluding tert-OH is 2. The third-order valence-corrected chi connectivity index (χ3v) is 21.9. The highest BCUT2D eigenvalue weighted by atomic mass is 16.3. The summed E-state index contributed by atoms with van der Waals surface area (Å²) in [6.07, 6.45) is 3.29. The zero-order valence-corrected chi connectivity index (χ0v) is 77.7. The van der Waals surface area contributed by atoms with Gasteiger partial charge >= 0.3 is 0 Å². The minimum Gasteiger partial charge on any atom is -0.508 e. The number of amides is 18. The van der Waals surface area contributed by atoms with E-state index in [-0.39, 0.29) is 114 Å². The second-order valence-corrected chi connectivity index (χ2v) is 34.7. The van der Waals surface area contributed by atoms with Gasteiger partial charge in [-0.25, -0.2) is 0 Å². The number of carbonyl (C=O) groups is 18. The number of likely N-dealkylation sites (N-methyl/N-ethyl adjacent to an activating group) is 1. The summed E-state index contributed by atoms with van der Waals surface area (Å²) in [5.74, 6) is -17.1. The van der Waals surface area contributed by atoms with Gasteiger partial charge in [0.25, 0.3) is 0 Å². The fourth-order valence-electron chi connectivity index (χ4n) is 14.8. The van der Waals surface area contributed by atoms with E-state index in [0.29, 0.717) is 82.0 Å². The highest BCUT2D eigenvalue weighted by Crippen LogP contribution is 2.23. The molecule has 4 rings (SSSR count). The molecule has 0 bridgehead atoms. The van der Waals surface area contributed by atoms with Crippen molar-refractivity contribution in [3.05, 3.63) is 65.9 Å². The van der Waals surface area contributed by atoms with Crippen LogP contribution < -0.4 is 119 Å². The molecule has 2 aromatic carbocycles. The second kappa shape index (κ2) is 59.5. The number of phenolic OH excluding ortho intramolecular Hbond substituents is 1. The van der Waals surface area contributed by atoms with Crippen LogP contribution in [0.4, 0.5) is 0 Å². The third-order valence-electron chi connectivity index (χ3n) is 21.9. The van der Waals surface area contributed by atoms with Crippen LogP contribution in [0.5, 0.6) is 5.75 Å². The highest BCUT2D eigenvalue weighted by molar-refractivity contribution is 6.02. The van der Waals surface area contributed by atoms with Crippen LogP contribution in [0.3, 0.4) is 0 Å². The van der Waals surface area contributed by atoms with E-state index in [9.17, 15) is 102 Å². The highest BCUT2D eigenvalue weighted by Gasteiger charge is 2.41. The Morgan fingerprint density at radius 1 is 0.436 bits per heavy atom. The summed E-state index contributed by atoms with van der Waals surface area (Å²) >= 11 is 0. The Bertz CT molecular complexity index is 4340. The number of phenols is 1. The number of hydrogen-bond acceptors (Lipinski definition) is 26. The largest absolute Gasteiger partial charge is 0.508 e. The summed E-state index contributed by atoms with van der Waals surface area (Å²) in [5, 5.41) is 73.0. The lowest BCUT2D eigenvalue weighted by Crippen LogP contribution is -2.62. The van der Waals surface area contributed by atoms with Gasteiger partial charge in [-0.3, -0.25) is 86.3 Å². The number of aromatic nitrogens is 1. The number of nitrogens with two attached hydrogens (primary N) is 6. The van der Waals surface area contributed by atoms with Crippen molar-refractivity contribution >= 4 is 117 Å². The standard InChI is InChI=1S/C88H144N24O21/c1-48(2)37-62(77(122)98-46-73(119)112-36-20-27-69(112)87(132)105-61(26-15-19-35-92)80(125)104-60(25-14-18-34-91)79(124)103-59(24-13-17-33-90)78(123)102-58(75(94)120)23-12-16-32-89)106-81(126)63(38-49(3)4)107-83(128)65(40-53-28-30-55(115)31-29-53)100-72(118)45-97-76(121)51(7)99-86(131)68(47-113)110-84(129)67(42-70(93)116)108-82(127)64(39-50(5)6)109-88(133)74(52(8)114)111-85(130)66(101-71(117)44-95-9)41-54-43-96-57-22-11-10-21-56(54)57/h10-11,21-22,28-31,43,48-52,58-69,74,95-96,113-115H,12-20,23-27,32-42,44-47,89-92H2,1-9H3,(H2,93,116)(H2,94,120)(H,97,121)(H,98,122)(H,99,131)(H,100,118)(H,101,117)(H,102,123)(H,103,124)(H,104,125)(H,105,132)(H,106,126)(H,107,128)(H,108,127)(H,109,133)(H,110,129)(H,111,130)/t51-,52+,58-,59-,60-,61-,62-,63-,64-,65-,66-,67-,68-,69-,74-/m0/s1. The molecule has 0 saturated carbocycles. The summed E-state index contributed by atoms with van der Waals surface area (Å²) in [6.45, 7) is 11.2. The first kappa shape index (κ1) is 113. The predicted molar refractivity (Wildman–Crippen MR) is 491 cm³/mol. The van der Waals surface area contributed by atoms with Crippen molar-refractivity contribution in [2.75, 3.05) is 66.0 Å². The molecule has 18 amide bonds. The molecule has 0 aliphatic carbocycles. The maximum atomic E-state index is 14.6. The van der Waals surface area contributed by atoms with Crippen LogP contribution in [-0.4, -0.2) is 288 Å². The first-order valence-electron chi connectivity index (χ1n) is 45.5. The number of aromatic amines is 1. The Morgan fingerprint density at radius 3 is 1.34 bits per heavy atom. The number of nitrogens with zero attached hydrogens (tertiary/aromatic N) is 1. The van der Waals surface area contributed by atoms with Gasteiger partial charge in [-0.15, -0.1) is 0 Å². The van der Waals surface area contributed by atoms with E-state index in [1.807, 2.05) is 6.07 Å². The van der Waals surface area contributed by atoms with Crippen LogP contribution >= 0.6 is 0 Å². The molecule has 45 heteroatoms. The molecule has 1 saturated heterocycles. The van der Waals surface area contributed by atoms with E-state index in [0.717, 1.165) is 10.9 Å². The number of H-pyrrole nitrogens is 1. The number of likely N-dealkylation sites (tertiary alicyclic amines) is 1. The molecule has 1 aliphatic rings. The van der Waals surface area contributed by atoms with Gasteiger partial charge in [0.05, 0.1) is 38.8 Å². The number of carbonyl (C=O) groups excluding carboxylic acids is 18. The molecule has 1 aromatic heterocycles. The molecule has 45 nitrogen and oxygen atoms in total. The maximum Gasteiger partial charge on any atom is 0.245 e. The van der Waals surface area contributed by atoms with Gasteiger partial charge in [-0.1, -0.05) is 71.9 Å². The van der Waals surface area contributed by atoms with E-state index in [1.165, 1.54) is 50.1 Å². The summed E-state index contributed by atoms with van der Waals surface area (Å²) in [4.78, 5) is 254. The molecular formula is C88H144N24O21. The van der Waals surface area contributed by atoms with Gasteiger partial charge in [0.2, 0.25) is 106 Å². The normalized spacial score (nSPS) is 15.6. The molecule has 2 heterocycles. The molecule has 0 radical (unpaired) electrons. The number of fused-ring (bicyclic) bond motifs is 1. The Hall–Kier alpha value is -12.0. The quantitative estimate of drug-likeness (QED) is 0.0234. The Labute approximate surface area is 774 Å². The number of aromatic hydroxyl groups is 1. The topological polar surface area (TPSA) is 736 Å². The molecule has 742 valence electrons. The van der Waals surface area contributed by atoms with Gasteiger partial charge in [0.1, 0.15) is 90.3 Å². The zero-order chi connectivity index (χ0) is 99.1. The third kappa shape index (κ3) is 40.5. The van der Waals surface area contributed by atoms with Crippen LogP contribution in [-0.2, 0) is 99.1 Å². The first-order chi connectivity index (χ1) is 63.1. The summed E-state index contributed by atoms with van der Waals surface area (Å²) in [6, 6.07) is -7.17. The average molecular weight is 1870 g/mol. The van der Waals surface area contributed by atoms with Crippen molar-refractivity contribution in [2.45, 2.75) is 274 Å².